The fourth-order valence-corrected chi connectivity index (χ4v) is 4.47. The van der Waals surface area contributed by atoms with Gasteiger partial charge < -0.3 is 9.80 Å². The molecule has 134 valence electrons. The molecular weight excluding hydrogens is 314 g/mol. The zero-order valence-electron chi connectivity index (χ0n) is 15.4. The number of hydrogen-bond acceptors (Lipinski definition) is 4. The highest BCUT2D eigenvalue weighted by Gasteiger charge is 2.38. The van der Waals surface area contributed by atoms with Gasteiger partial charge in [0.25, 0.3) is 5.91 Å². The molecule has 25 heavy (non-hydrogen) atoms. The highest BCUT2D eigenvalue weighted by molar-refractivity contribution is 5.97. The number of likely N-dealkylation sites (N-methyl/N-ethyl adjacent to an activating group) is 1. The first-order valence-electron chi connectivity index (χ1n) is 9.40. The molecule has 4 rings (SSSR count). The van der Waals surface area contributed by atoms with Crippen molar-refractivity contribution in [3.05, 3.63) is 24.0 Å². The fraction of sp³-hybridized carbons (Fsp3) is 0.632. The Bertz CT molecular complexity index is 783. The van der Waals surface area contributed by atoms with Gasteiger partial charge in [-0.2, -0.15) is 5.10 Å². The van der Waals surface area contributed by atoms with Crippen LogP contribution in [0.5, 0.6) is 0 Å². The monoisotopic (exact) mass is 341 g/mol. The van der Waals surface area contributed by atoms with Crippen LogP contribution in [0.15, 0.2) is 18.5 Å². The number of aromatic nitrogens is 3. The second-order valence-electron chi connectivity index (χ2n) is 7.72. The minimum Gasteiger partial charge on any atom is -0.334 e. The first kappa shape index (κ1) is 16.5. The lowest BCUT2D eigenvalue weighted by molar-refractivity contribution is 0.0664. The van der Waals surface area contributed by atoms with Gasteiger partial charge in [-0.25, -0.2) is 9.67 Å². The van der Waals surface area contributed by atoms with Crippen molar-refractivity contribution in [1.29, 1.82) is 0 Å². The number of carbonyl (C=O) groups excluding carboxylic acids is 1. The summed E-state index contributed by atoms with van der Waals surface area (Å²) in [6.45, 7) is 6.17. The van der Waals surface area contributed by atoms with E-state index >= 15 is 0 Å². The molecule has 2 fully saturated rings. The Morgan fingerprint density at radius 3 is 2.64 bits per heavy atom. The molecule has 2 aromatic heterocycles. The fourth-order valence-electron chi connectivity index (χ4n) is 4.47. The van der Waals surface area contributed by atoms with Crippen LogP contribution in [-0.4, -0.2) is 62.7 Å². The van der Waals surface area contributed by atoms with Gasteiger partial charge in [0, 0.05) is 36.3 Å². The third-order valence-electron chi connectivity index (χ3n) is 5.75. The quantitative estimate of drug-likeness (QED) is 0.861. The lowest BCUT2D eigenvalue weighted by Crippen LogP contribution is -2.47. The molecule has 0 aliphatic carbocycles. The zero-order valence-corrected chi connectivity index (χ0v) is 15.4. The number of likely N-dealkylation sites (tertiary alicyclic amines) is 2. The van der Waals surface area contributed by atoms with Crippen molar-refractivity contribution in [2.24, 2.45) is 0 Å². The predicted octanol–water partition coefficient (Wildman–Crippen LogP) is 2.71. The van der Waals surface area contributed by atoms with Gasteiger partial charge in [-0.1, -0.05) is 0 Å². The summed E-state index contributed by atoms with van der Waals surface area (Å²) in [6, 6.07) is 3.05. The first-order valence-corrected chi connectivity index (χ1v) is 9.40. The number of amides is 1. The Labute approximate surface area is 148 Å². The summed E-state index contributed by atoms with van der Waals surface area (Å²) in [5.74, 6) is 0.120. The Morgan fingerprint density at radius 1 is 1.16 bits per heavy atom. The van der Waals surface area contributed by atoms with Gasteiger partial charge in [0.2, 0.25) is 0 Å². The van der Waals surface area contributed by atoms with Crippen LogP contribution in [0, 0.1) is 0 Å². The van der Waals surface area contributed by atoms with Crippen LogP contribution in [0.25, 0.3) is 11.0 Å². The zero-order chi connectivity index (χ0) is 17.6. The van der Waals surface area contributed by atoms with Crippen LogP contribution in [0.3, 0.4) is 0 Å². The molecule has 0 radical (unpaired) electrons. The van der Waals surface area contributed by atoms with E-state index < -0.39 is 0 Å². The van der Waals surface area contributed by atoms with Crippen LogP contribution < -0.4 is 0 Å². The lowest BCUT2D eigenvalue weighted by atomic mass is 10.0. The number of pyridine rings is 1. The van der Waals surface area contributed by atoms with Gasteiger partial charge in [0.15, 0.2) is 5.65 Å². The second-order valence-corrected chi connectivity index (χ2v) is 7.72. The largest absolute Gasteiger partial charge is 0.334 e. The highest BCUT2D eigenvalue weighted by atomic mass is 16.2. The maximum atomic E-state index is 13.1. The lowest BCUT2D eigenvalue weighted by Gasteiger charge is -2.33. The van der Waals surface area contributed by atoms with E-state index in [1.165, 1.54) is 12.8 Å². The number of fused-ring (bicyclic) bond motifs is 1. The average molecular weight is 341 g/mol. The molecule has 0 spiro atoms. The van der Waals surface area contributed by atoms with E-state index in [4.69, 9.17) is 0 Å². The number of hydrogen-bond donors (Lipinski definition) is 0. The molecule has 2 saturated heterocycles. The van der Waals surface area contributed by atoms with E-state index in [0.717, 1.165) is 37.0 Å². The van der Waals surface area contributed by atoms with Crippen molar-refractivity contribution in [2.75, 3.05) is 20.1 Å². The van der Waals surface area contributed by atoms with E-state index in [-0.39, 0.29) is 11.9 Å². The minimum atomic E-state index is 0.120. The van der Waals surface area contributed by atoms with E-state index in [1.54, 1.807) is 6.20 Å². The molecule has 2 atom stereocenters. The summed E-state index contributed by atoms with van der Waals surface area (Å²) in [7, 11) is 2.19. The third kappa shape index (κ3) is 2.82. The van der Waals surface area contributed by atoms with Crippen LogP contribution in [0.2, 0.25) is 0 Å². The Hall–Kier alpha value is -1.95. The van der Waals surface area contributed by atoms with Gasteiger partial charge in [0.1, 0.15) is 0 Å². The number of carbonyl (C=O) groups is 1. The summed E-state index contributed by atoms with van der Waals surface area (Å²) in [6.07, 6.45) is 8.18. The number of rotatable bonds is 3. The van der Waals surface area contributed by atoms with Crippen LogP contribution in [-0.2, 0) is 0 Å². The maximum Gasteiger partial charge on any atom is 0.255 e. The van der Waals surface area contributed by atoms with Crippen molar-refractivity contribution in [3.8, 4) is 0 Å². The summed E-state index contributed by atoms with van der Waals surface area (Å²) in [5, 5.41) is 5.34. The predicted molar refractivity (Wildman–Crippen MR) is 97.6 cm³/mol. The van der Waals surface area contributed by atoms with Gasteiger partial charge in [0.05, 0.1) is 11.8 Å². The number of nitrogens with zero attached hydrogens (tertiary/aromatic N) is 5. The second kappa shape index (κ2) is 6.41. The van der Waals surface area contributed by atoms with Crippen molar-refractivity contribution in [1.82, 2.24) is 24.6 Å². The van der Waals surface area contributed by atoms with Gasteiger partial charge in [-0.3, -0.25) is 4.79 Å². The summed E-state index contributed by atoms with van der Waals surface area (Å²) >= 11 is 0. The summed E-state index contributed by atoms with van der Waals surface area (Å²) in [5.41, 5.74) is 1.53. The molecule has 0 N–H and O–H groups in total. The van der Waals surface area contributed by atoms with Gasteiger partial charge >= 0.3 is 0 Å². The van der Waals surface area contributed by atoms with Crippen LogP contribution >= 0.6 is 0 Å². The van der Waals surface area contributed by atoms with Gasteiger partial charge in [-0.15, -0.1) is 0 Å². The topological polar surface area (TPSA) is 54.3 Å². The minimum absolute atomic E-state index is 0.120. The van der Waals surface area contributed by atoms with Crippen molar-refractivity contribution < 1.29 is 4.79 Å². The maximum absolute atomic E-state index is 13.1. The summed E-state index contributed by atoms with van der Waals surface area (Å²) < 4.78 is 1.90. The molecule has 6 heteroatoms. The molecule has 2 aliphatic heterocycles. The van der Waals surface area contributed by atoms with E-state index in [0.29, 0.717) is 17.6 Å². The Balaban J connectivity index is 1.60. The Kier molecular flexibility index (Phi) is 4.23. The molecule has 0 unspecified atom stereocenters. The normalized spacial score (nSPS) is 24.7. The van der Waals surface area contributed by atoms with E-state index in [9.17, 15) is 4.79 Å². The van der Waals surface area contributed by atoms with Crippen molar-refractivity contribution >= 4 is 16.9 Å². The van der Waals surface area contributed by atoms with Crippen molar-refractivity contribution in [2.45, 2.75) is 57.7 Å². The molecular formula is C19H27N5O. The SMILES string of the molecule is CC(C)n1ncc2cc(C(=O)N3CCC[C@H]3[C@@H]3CCCN3C)cnc21. The van der Waals surface area contributed by atoms with Crippen LogP contribution in [0.1, 0.15) is 55.9 Å². The molecule has 2 aliphatic rings. The van der Waals surface area contributed by atoms with E-state index in [2.05, 4.69) is 40.8 Å². The smallest absolute Gasteiger partial charge is 0.255 e. The molecule has 2 aromatic rings. The standard InChI is InChI=1S/C19H27N5O/c1-13(2)24-18-14(12-21-24)10-15(11-20-18)19(25)23-9-5-7-17(23)16-6-4-8-22(16)3/h10-13,16-17H,4-9H2,1-3H3/t16-,17-/m0/s1. The highest BCUT2D eigenvalue weighted by Crippen LogP contribution is 2.30. The van der Waals surface area contributed by atoms with E-state index in [1.807, 2.05) is 16.9 Å². The summed E-state index contributed by atoms with van der Waals surface area (Å²) in [4.78, 5) is 22.2. The third-order valence-corrected chi connectivity index (χ3v) is 5.75. The molecule has 0 aromatic carbocycles. The molecule has 1 amide bonds. The molecule has 0 bridgehead atoms. The molecule has 4 heterocycles. The average Bonchev–Trinajstić information content (AvgIpc) is 3.31. The Morgan fingerprint density at radius 2 is 1.92 bits per heavy atom. The van der Waals surface area contributed by atoms with Gasteiger partial charge in [-0.05, 0) is 59.2 Å². The van der Waals surface area contributed by atoms with Crippen LogP contribution in [0.4, 0.5) is 0 Å². The molecule has 6 nitrogen and oxygen atoms in total. The first-order chi connectivity index (χ1) is 12.1. The molecule has 0 saturated carbocycles. The van der Waals surface area contributed by atoms with Crippen molar-refractivity contribution in [3.63, 3.8) is 0 Å².